The molecule has 23 heavy (non-hydrogen) atoms. The molecule has 6 nitrogen and oxygen atoms in total. The highest BCUT2D eigenvalue weighted by atomic mass is 16.3. The molecule has 0 aliphatic rings. The summed E-state index contributed by atoms with van der Waals surface area (Å²) in [6.45, 7) is 6.22. The maximum atomic E-state index is 10.3. The van der Waals surface area contributed by atoms with E-state index in [-0.39, 0.29) is 5.75 Å². The molecule has 1 unspecified atom stereocenters. The molecule has 1 aromatic carbocycles. The number of phenolic OH excluding ortho intramolecular Hbond substituents is 1. The molecule has 3 rings (SSSR count). The largest absolute Gasteiger partial charge is 0.508 e. The molecule has 1 atom stereocenters. The van der Waals surface area contributed by atoms with Crippen molar-refractivity contribution in [1.82, 2.24) is 14.6 Å². The van der Waals surface area contributed by atoms with E-state index in [1.807, 2.05) is 26.8 Å². The number of nitrogens with zero attached hydrogens (tertiary/aromatic N) is 3. The molecule has 3 aromatic rings. The minimum Gasteiger partial charge on any atom is -0.508 e. The molecular weight excluding hydrogens is 292 g/mol. The van der Waals surface area contributed by atoms with Gasteiger partial charge in [-0.2, -0.15) is 9.61 Å². The zero-order valence-corrected chi connectivity index (χ0v) is 13.4. The Hall–Kier alpha value is -2.60. The lowest BCUT2D eigenvalue weighted by Gasteiger charge is -2.14. The lowest BCUT2D eigenvalue weighted by molar-refractivity contribution is 0.191. The van der Waals surface area contributed by atoms with Crippen LogP contribution in [-0.2, 0) is 0 Å². The number of aliphatic hydroxyl groups is 1. The Bertz CT molecular complexity index is 840. The summed E-state index contributed by atoms with van der Waals surface area (Å²) in [7, 11) is 0. The Balaban J connectivity index is 1.84. The number of rotatable bonds is 4. The molecule has 0 aliphatic carbocycles. The first kappa shape index (κ1) is 15.3. The van der Waals surface area contributed by atoms with Gasteiger partial charge in [-0.3, -0.25) is 0 Å². The van der Waals surface area contributed by atoms with Crippen molar-refractivity contribution in [3.8, 4) is 5.75 Å². The van der Waals surface area contributed by atoms with E-state index in [1.165, 1.54) is 0 Å². The molecular formula is C17H20N4O2. The van der Waals surface area contributed by atoms with Crippen molar-refractivity contribution in [1.29, 1.82) is 0 Å². The molecule has 120 valence electrons. The summed E-state index contributed by atoms with van der Waals surface area (Å²) in [6, 6.07) is 8.44. The molecule has 6 heteroatoms. The van der Waals surface area contributed by atoms with Crippen molar-refractivity contribution in [2.24, 2.45) is 0 Å². The fraction of sp³-hybridized carbons (Fsp3) is 0.294. The van der Waals surface area contributed by atoms with Crippen LogP contribution in [0, 0.1) is 20.8 Å². The van der Waals surface area contributed by atoms with Gasteiger partial charge in [-0.25, -0.2) is 4.98 Å². The van der Waals surface area contributed by atoms with Gasteiger partial charge in [0.2, 0.25) is 0 Å². The summed E-state index contributed by atoms with van der Waals surface area (Å²) in [4.78, 5) is 4.52. The van der Waals surface area contributed by atoms with Gasteiger partial charge in [-0.15, -0.1) is 0 Å². The molecule has 0 amide bonds. The van der Waals surface area contributed by atoms with E-state index in [9.17, 15) is 10.2 Å². The van der Waals surface area contributed by atoms with Crippen LogP contribution in [0.1, 0.15) is 28.6 Å². The molecule has 0 saturated carbocycles. The standard InChI is InChI=1S/C17H20N4O2/c1-10-8-16(21-17(19-10)11(2)12(3)20-21)18-9-15(23)13-4-6-14(22)7-5-13/h4-8,15,18,22-23H,9H2,1-3H3. The molecule has 2 aromatic heterocycles. The Kier molecular flexibility index (Phi) is 3.92. The first-order valence-corrected chi connectivity index (χ1v) is 7.50. The first-order chi connectivity index (χ1) is 11.0. The smallest absolute Gasteiger partial charge is 0.160 e. The normalized spacial score (nSPS) is 12.5. The minimum atomic E-state index is -0.683. The number of hydrogen-bond acceptors (Lipinski definition) is 5. The number of nitrogens with one attached hydrogen (secondary N) is 1. The van der Waals surface area contributed by atoms with E-state index >= 15 is 0 Å². The minimum absolute atomic E-state index is 0.183. The lowest BCUT2D eigenvalue weighted by Crippen LogP contribution is -2.15. The van der Waals surface area contributed by atoms with Crippen LogP contribution >= 0.6 is 0 Å². The van der Waals surface area contributed by atoms with E-state index in [2.05, 4.69) is 15.4 Å². The van der Waals surface area contributed by atoms with Gasteiger partial charge >= 0.3 is 0 Å². The van der Waals surface area contributed by atoms with E-state index < -0.39 is 6.10 Å². The average Bonchev–Trinajstić information content (AvgIpc) is 2.81. The Morgan fingerprint density at radius 3 is 2.57 bits per heavy atom. The number of aryl methyl sites for hydroxylation is 3. The van der Waals surface area contributed by atoms with Gasteiger partial charge in [-0.1, -0.05) is 12.1 Å². The van der Waals surface area contributed by atoms with Gasteiger partial charge in [-0.05, 0) is 38.5 Å². The van der Waals surface area contributed by atoms with Gasteiger partial charge in [0, 0.05) is 23.9 Å². The van der Waals surface area contributed by atoms with Crippen LogP contribution in [0.25, 0.3) is 5.65 Å². The Morgan fingerprint density at radius 1 is 1.17 bits per heavy atom. The second-order valence-electron chi connectivity index (χ2n) is 5.72. The van der Waals surface area contributed by atoms with Gasteiger partial charge in [0.25, 0.3) is 0 Å². The fourth-order valence-corrected chi connectivity index (χ4v) is 2.49. The van der Waals surface area contributed by atoms with Crippen molar-refractivity contribution in [2.75, 3.05) is 11.9 Å². The Morgan fingerprint density at radius 2 is 1.87 bits per heavy atom. The third kappa shape index (κ3) is 2.98. The highest BCUT2D eigenvalue weighted by Crippen LogP contribution is 2.20. The highest BCUT2D eigenvalue weighted by Gasteiger charge is 2.13. The van der Waals surface area contributed by atoms with Gasteiger partial charge < -0.3 is 15.5 Å². The maximum absolute atomic E-state index is 10.3. The van der Waals surface area contributed by atoms with E-state index in [0.29, 0.717) is 6.54 Å². The predicted octanol–water partition coefficient (Wildman–Crippen LogP) is 2.51. The third-order valence-corrected chi connectivity index (χ3v) is 3.94. The SMILES string of the molecule is Cc1cc(NCC(O)c2ccc(O)cc2)n2nc(C)c(C)c2n1. The average molecular weight is 312 g/mol. The van der Waals surface area contributed by atoms with E-state index in [4.69, 9.17) is 0 Å². The molecule has 0 fully saturated rings. The monoisotopic (exact) mass is 312 g/mol. The molecule has 0 saturated heterocycles. The summed E-state index contributed by atoms with van der Waals surface area (Å²) in [5, 5.41) is 27.3. The van der Waals surface area contributed by atoms with Crippen LogP contribution in [0.2, 0.25) is 0 Å². The summed E-state index contributed by atoms with van der Waals surface area (Å²) in [5.74, 6) is 0.976. The topological polar surface area (TPSA) is 82.7 Å². The third-order valence-electron chi connectivity index (χ3n) is 3.94. The number of aromatic hydroxyl groups is 1. The van der Waals surface area contributed by atoms with Crippen molar-refractivity contribution in [3.05, 3.63) is 52.8 Å². The number of fused-ring (bicyclic) bond motifs is 1. The van der Waals surface area contributed by atoms with E-state index in [1.54, 1.807) is 28.8 Å². The molecule has 3 N–H and O–H groups in total. The quantitative estimate of drug-likeness (QED) is 0.689. The number of hydrogen-bond donors (Lipinski definition) is 3. The molecule has 0 spiro atoms. The van der Waals surface area contributed by atoms with Crippen LogP contribution < -0.4 is 5.32 Å². The molecule has 0 radical (unpaired) electrons. The van der Waals surface area contributed by atoms with Crippen LogP contribution in [0.5, 0.6) is 5.75 Å². The molecule has 0 bridgehead atoms. The summed E-state index contributed by atoms with van der Waals surface area (Å²) in [5.41, 5.74) is 4.44. The van der Waals surface area contributed by atoms with Gasteiger partial charge in [0.05, 0.1) is 11.8 Å². The number of anilines is 1. The number of aromatic nitrogens is 3. The van der Waals surface area contributed by atoms with Crippen LogP contribution in [0.4, 0.5) is 5.82 Å². The van der Waals surface area contributed by atoms with E-state index in [0.717, 1.165) is 34.0 Å². The number of benzene rings is 1. The first-order valence-electron chi connectivity index (χ1n) is 7.50. The van der Waals surface area contributed by atoms with Crippen LogP contribution in [0.15, 0.2) is 30.3 Å². The second-order valence-corrected chi connectivity index (χ2v) is 5.72. The summed E-state index contributed by atoms with van der Waals surface area (Å²) < 4.78 is 1.77. The molecule has 2 heterocycles. The zero-order valence-electron chi connectivity index (χ0n) is 13.4. The van der Waals surface area contributed by atoms with Crippen molar-refractivity contribution in [3.63, 3.8) is 0 Å². The number of phenols is 1. The highest BCUT2D eigenvalue weighted by molar-refractivity contribution is 5.56. The predicted molar refractivity (Wildman–Crippen MR) is 88.8 cm³/mol. The lowest BCUT2D eigenvalue weighted by atomic mass is 10.1. The molecule has 0 aliphatic heterocycles. The van der Waals surface area contributed by atoms with Crippen LogP contribution in [0.3, 0.4) is 0 Å². The van der Waals surface area contributed by atoms with Crippen molar-refractivity contribution < 1.29 is 10.2 Å². The second kappa shape index (κ2) is 5.89. The Labute approximate surface area is 134 Å². The van der Waals surface area contributed by atoms with Crippen molar-refractivity contribution in [2.45, 2.75) is 26.9 Å². The fourth-order valence-electron chi connectivity index (χ4n) is 2.49. The maximum Gasteiger partial charge on any atom is 0.160 e. The van der Waals surface area contributed by atoms with Crippen LogP contribution in [-0.4, -0.2) is 31.4 Å². The van der Waals surface area contributed by atoms with Gasteiger partial charge in [0.1, 0.15) is 11.6 Å². The van der Waals surface area contributed by atoms with Crippen molar-refractivity contribution >= 4 is 11.5 Å². The van der Waals surface area contributed by atoms with Gasteiger partial charge in [0.15, 0.2) is 5.65 Å². The number of aliphatic hydroxyl groups excluding tert-OH is 1. The zero-order chi connectivity index (χ0) is 16.6. The summed E-state index contributed by atoms with van der Waals surface area (Å²) >= 11 is 0. The summed E-state index contributed by atoms with van der Waals surface area (Å²) in [6.07, 6.45) is -0.683.